The van der Waals surface area contributed by atoms with E-state index in [2.05, 4.69) is 28.2 Å². The quantitative estimate of drug-likeness (QED) is 0.595. The summed E-state index contributed by atoms with van der Waals surface area (Å²) >= 11 is 0. The van der Waals surface area contributed by atoms with Crippen molar-refractivity contribution in [3.8, 4) is 0 Å². The monoisotopic (exact) mass is 155 g/mol. The van der Waals surface area contributed by atoms with Crippen LogP contribution in [0.1, 0.15) is 20.3 Å². The van der Waals surface area contributed by atoms with Gasteiger partial charge in [-0.3, -0.25) is 0 Å². The molecular weight excluding hydrogens is 138 g/mol. The van der Waals surface area contributed by atoms with Gasteiger partial charge in [0.05, 0.1) is 12.1 Å². The summed E-state index contributed by atoms with van der Waals surface area (Å²) in [6.07, 6.45) is 1.04. The molecule has 0 aromatic heterocycles. The Balaban J connectivity index is 3.50. The molecule has 0 aliphatic carbocycles. The lowest BCUT2D eigenvalue weighted by atomic mass is 10.2. The molecule has 0 aromatic rings. The number of nitrogens with zero attached hydrogens (tertiary/aromatic N) is 2. The molecule has 0 bridgehead atoms. The van der Waals surface area contributed by atoms with Gasteiger partial charge in [-0.25, -0.2) is 9.98 Å². The fourth-order valence-corrected chi connectivity index (χ4v) is 0.628. The normalized spacial score (nSPS) is 11.9. The summed E-state index contributed by atoms with van der Waals surface area (Å²) in [5, 5.41) is 3.07. The van der Waals surface area contributed by atoms with Crippen molar-refractivity contribution >= 4 is 6.01 Å². The van der Waals surface area contributed by atoms with Gasteiger partial charge in [0, 0.05) is 6.54 Å². The van der Waals surface area contributed by atoms with E-state index in [0.717, 1.165) is 19.5 Å². The smallest absolute Gasteiger partial charge is 0.0895 e. The van der Waals surface area contributed by atoms with Gasteiger partial charge < -0.3 is 5.32 Å². The van der Waals surface area contributed by atoms with E-state index >= 15 is 0 Å². The van der Waals surface area contributed by atoms with Crippen LogP contribution < -0.4 is 5.32 Å². The van der Waals surface area contributed by atoms with E-state index in [4.69, 9.17) is 0 Å². The molecular formula is C8H17N3. The SMILES string of the molecule is CCN=C=NC(C)CCNC. The van der Waals surface area contributed by atoms with E-state index in [1.54, 1.807) is 0 Å². The minimum Gasteiger partial charge on any atom is -0.320 e. The average molecular weight is 155 g/mol. The molecule has 1 atom stereocenters. The number of nitrogens with one attached hydrogen (secondary N) is 1. The third-order valence-electron chi connectivity index (χ3n) is 1.32. The predicted molar refractivity (Wildman–Crippen MR) is 48.4 cm³/mol. The Hall–Kier alpha value is -0.660. The highest BCUT2D eigenvalue weighted by Gasteiger charge is 1.94. The van der Waals surface area contributed by atoms with Gasteiger partial charge in [-0.1, -0.05) is 0 Å². The summed E-state index contributed by atoms with van der Waals surface area (Å²) in [5.41, 5.74) is 0. The topological polar surface area (TPSA) is 36.8 Å². The van der Waals surface area contributed by atoms with Gasteiger partial charge in [0.2, 0.25) is 0 Å². The Morgan fingerprint density at radius 2 is 2.27 bits per heavy atom. The standard InChI is InChI=1S/C8H17N3/c1-4-10-7-11-8(2)5-6-9-3/h8-9H,4-6H2,1-3H3. The highest BCUT2D eigenvalue weighted by Crippen LogP contribution is 1.92. The van der Waals surface area contributed by atoms with Crippen molar-refractivity contribution in [2.75, 3.05) is 20.1 Å². The van der Waals surface area contributed by atoms with E-state index < -0.39 is 0 Å². The first-order valence-electron chi connectivity index (χ1n) is 4.07. The zero-order valence-electron chi connectivity index (χ0n) is 7.59. The van der Waals surface area contributed by atoms with Crippen molar-refractivity contribution in [1.29, 1.82) is 0 Å². The Morgan fingerprint density at radius 3 is 2.82 bits per heavy atom. The molecule has 1 N–H and O–H groups in total. The molecule has 0 radical (unpaired) electrons. The molecule has 0 heterocycles. The van der Waals surface area contributed by atoms with Crippen molar-refractivity contribution in [3.05, 3.63) is 0 Å². The first-order valence-corrected chi connectivity index (χ1v) is 4.07. The molecule has 3 nitrogen and oxygen atoms in total. The third kappa shape index (κ3) is 7.23. The number of hydrogen-bond donors (Lipinski definition) is 1. The lowest BCUT2D eigenvalue weighted by molar-refractivity contribution is 0.631. The van der Waals surface area contributed by atoms with Crippen LogP contribution in [-0.2, 0) is 0 Å². The molecule has 0 rings (SSSR count). The lowest BCUT2D eigenvalue weighted by Crippen LogP contribution is -2.12. The van der Waals surface area contributed by atoms with Gasteiger partial charge >= 0.3 is 0 Å². The molecule has 0 fully saturated rings. The van der Waals surface area contributed by atoms with Crippen LogP contribution in [0.5, 0.6) is 0 Å². The molecule has 0 saturated heterocycles. The molecule has 11 heavy (non-hydrogen) atoms. The predicted octanol–water partition coefficient (Wildman–Crippen LogP) is 1.18. The minimum atomic E-state index is 0.331. The van der Waals surface area contributed by atoms with Gasteiger partial charge in [-0.05, 0) is 33.9 Å². The summed E-state index contributed by atoms with van der Waals surface area (Å²) in [7, 11) is 1.94. The van der Waals surface area contributed by atoms with Crippen molar-refractivity contribution in [2.45, 2.75) is 26.3 Å². The van der Waals surface area contributed by atoms with Crippen molar-refractivity contribution in [1.82, 2.24) is 5.32 Å². The van der Waals surface area contributed by atoms with E-state index in [9.17, 15) is 0 Å². The van der Waals surface area contributed by atoms with Crippen LogP contribution in [-0.4, -0.2) is 32.2 Å². The number of hydrogen-bond acceptors (Lipinski definition) is 3. The van der Waals surface area contributed by atoms with Gasteiger partial charge in [0.1, 0.15) is 0 Å². The van der Waals surface area contributed by atoms with Crippen LogP contribution >= 0.6 is 0 Å². The molecule has 0 aliphatic heterocycles. The first-order chi connectivity index (χ1) is 5.31. The molecule has 0 spiro atoms. The molecule has 0 amide bonds. The third-order valence-corrected chi connectivity index (χ3v) is 1.32. The fourth-order valence-electron chi connectivity index (χ4n) is 0.628. The van der Waals surface area contributed by atoms with Crippen molar-refractivity contribution in [2.24, 2.45) is 9.98 Å². The van der Waals surface area contributed by atoms with Crippen LogP contribution in [0.4, 0.5) is 0 Å². The van der Waals surface area contributed by atoms with E-state index in [1.807, 2.05) is 14.0 Å². The second-order valence-corrected chi connectivity index (χ2v) is 2.44. The molecule has 3 heteroatoms. The molecule has 0 aliphatic rings. The summed E-state index contributed by atoms with van der Waals surface area (Å²) in [6, 6.07) is 3.00. The summed E-state index contributed by atoms with van der Waals surface area (Å²) in [4.78, 5) is 7.98. The van der Waals surface area contributed by atoms with Crippen LogP contribution in [0.2, 0.25) is 0 Å². The second kappa shape index (κ2) is 7.45. The van der Waals surface area contributed by atoms with Gasteiger partial charge in [0.25, 0.3) is 0 Å². The number of aliphatic imine (C=N–C) groups is 2. The van der Waals surface area contributed by atoms with Crippen LogP contribution in [0.15, 0.2) is 9.98 Å². The highest BCUT2D eigenvalue weighted by atomic mass is 14.9. The van der Waals surface area contributed by atoms with Gasteiger partial charge in [0.15, 0.2) is 0 Å². The maximum atomic E-state index is 4.09. The lowest BCUT2D eigenvalue weighted by Gasteiger charge is -2.01. The number of rotatable bonds is 5. The summed E-state index contributed by atoms with van der Waals surface area (Å²) in [6.45, 7) is 5.80. The van der Waals surface area contributed by atoms with E-state index in [0.29, 0.717) is 6.04 Å². The Labute approximate surface area is 68.6 Å². The maximum Gasteiger partial charge on any atom is 0.0895 e. The zero-order valence-corrected chi connectivity index (χ0v) is 7.59. The first kappa shape index (κ1) is 10.3. The van der Waals surface area contributed by atoms with Crippen molar-refractivity contribution < 1.29 is 0 Å². The minimum absolute atomic E-state index is 0.331. The van der Waals surface area contributed by atoms with Crippen molar-refractivity contribution in [3.63, 3.8) is 0 Å². The molecule has 64 valence electrons. The van der Waals surface area contributed by atoms with Crippen LogP contribution in [0.3, 0.4) is 0 Å². The van der Waals surface area contributed by atoms with Crippen LogP contribution in [0, 0.1) is 0 Å². The maximum absolute atomic E-state index is 4.09. The Morgan fingerprint density at radius 1 is 1.55 bits per heavy atom. The highest BCUT2D eigenvalue weighted by molar-refractivity contribution is 5.41. The summed E-state index contributed by atoms with van der Waals surface area (Å²) in [5.74, 6) is 0. The van der Waals surface area contributed by atoms with E-state index in [1.165, 1.54) is 0 Å². The second-order valence-electron chi connectivity index (χ2n) is 2.44. The summed E-state index contributed by atoms with van der Waals surface area (Å²) < 4.78 is 0. The van der Waals surface area contributed by atoms with E-state index in [-0.39, 0.29) is 0 Å². The Bertz CT molecular complexity index is 136. The zero-order chi connectivity index (χ0) is 8.53. The molecule has 0 saturated carbocycles. The molecule has 1 unspecified atom stereocenters. The average Bonchev–Trinajstić information content (AvgIpc) is 2.01. The fraction of sp³-hybridized carbons (Fsp3) is 0.875. The largest absolute Gasteiger partial charge is 0.320 e. The Kier molecular flexibility index (Phi) is 7.00. The van der Waals surface area contributed by atoms with Gasteiger partial charge in [-0.15, -0.1) is 0 Å². The molecule has 0 aromatic carbocycles. The van der Waals surface area contributed by atoms with Gasteiger partial charge in [-0.2, -0.15) is 0 Å². The van der Waals surface area contributed by atoms with Crippen LogP contribution in [0.25, 0.3) is 0 Å².